The molecule has 0 unspecified atom stereocenters. The first-order valence-corrected chi connectivity index (χ1v) is 4.83. The Balaban J connectivity index is 2.39. The van der Waals surface area contributed by atoms with Crippen molar-refractivity contribution in [2.45, 2.75) is 18.9 Å². The van der Waals surface area contributed by atoms with Crippen LogP contribution >= 0.6 is 0 Å². The monoisotopic (exact) mass is 212 g/mol. The molecule has 6 heteroatoms. The van der Waals surface area contributed by atoms with E-state index in [9.17, 15) is 4.79 Å². The Kier molecular flexibility index (Phi) is 4.79. The third kappa shape index (κ3) is 4.09. The van der Waals surface area contributed by atoms with Crippen LogP contribution in [0, 0.1) is 0 Å². The van der Waals surface area contributed by atoms with E-state index in [2.05, 4.69) is 15.3 Å². The number of hydrogen-bond donors (Lipinski definition) is 4. The number of carbonyl (C=O) groups excluding carboxylic acids is 1. The molecule has 1 atom stereocenters. The van der Waals surface area contributed by atoms with E-state index >= 15 is 0 Å². The minimum absolute atomic E-state index is 0.102. The van der Waals surface area contributed by atoms with Crippen molar-refractivity contribution in [2.24, 2.45) is 5.73 Å². The van der Waals surface area contributed by atoms with E-state index in [0.29, 0.717) is 13.0 Å². The molecule has 0 aliphatic carbocycles. The van der Waals surface area contributed by atoms with Gasteiger partial charge in [-0.2, -0.15) is 0 Å². The molecule has 1 aromatic heterocycles. The van der Waals surface area contributed by atoms with Crippen LogP contribution in [0.5, 0.6) is 0 Å². The van der Waals surface area contributed by atoms with Crippen molar-refractivity contribution < 1.29 is 9.90 Å². The zero-order valence-corrected chi connectivity index (χ0v) is 8.44. The summed E-state index contributed by atoms with van der Waals surface area (Å²) in [6.07, 6.45) is 4.04. The molecule has 0 aliphatic heterocycles. The first-order valence-electron chi connectivity index (χ1n) is 4.83. The number of nitrogens with zero attached hydrogens (tertiary/aromatic N) is 1. The van der Waals surface area contributed by atoms with Gasteiger partial charge in [-0.15, -0.1) is 0 Å². The predicted molar refractivity (Wildman–Crippen MR) is 55.0 cm³/mol. The fourth-order valence-corrected chi connectivity index (χ4v) is 1.25. The molecule has 1 rings (SSSR count). The van der Waals surface area contributed by atoms with Gasteiger partial charge in [-0.1, -0.05) is 0 Å². The van der Waals surface area contributed by atoms with Crippen LogP contribution in [-0.4, -0.2) is 40.2 Å². The number of carbonyl (C=O) groups is 1. The van der Waals surface area contributed by atoms with E-state index in [1.165, 1.54) is 0 Å². The highest BCUT2D eigenvalue weighted by Crippen LogP contribution is 1.98. The molecule has 0 saturated carbocycles. The highest BCUT2D eigenvalue weighted by molar-refractivity contribution is 5.76. The van der Waals surface area contributed by atoms with Crippen LogP contribution in [0.15, 0.2) is 12.5 Å². The number of aliphatic hydroxyl groups excluding tert-OH is 1. The maximum Gasteiger partial charge on any atom is 0.221 e. The van der Waals surface area contributed by atoms with Crippen LogP contribution < -0.4 is 11.1 Å². The lowest BCUT2D eigenvalue weighted by Gasteiger charge is -2.14. The van der Waals surface area contributed by atoms with Crippen LogP contribution in [0.25, 0.3) is 0 Å². The molecule has 6 nitrogen and oxygen atoms in total. The Labute approximate surface area is 87.9 Å². The Morgan fingerprint density at radius 1 is 1.73 bits per heavy atom. The summed E-state index contributed by atoms with van der Waals surface area (Å²) in [5.41, 5.74) is 6.12. The topological polar surface area (TPSA) is 104 Å². The highest BCUT2D eigenvalue weighted by atomic mass is 16.3. The quantitative estimate of drug-likeness (QED) is 0.474. The lowest BCUT2D eigenvalue weighted by atomic mass is 10.1. The molecule has 84 valence electrons. The van der Waals surface area contributed by atoms with E-state index < -0.39 is 0 Å². The van der Waals surface area contributed by atoms with Gasteiger partial charge in [-0.3, -0.25) is 4.79 Å². The minimum atomic E-state index is -0.288. The summed E-state index contributed by atoms with van der Waals surface area (Å²) in [4.78, 5) is 18.0. The average molecular weight is 212 g/mol. The number of aliphatic hydroxyl groups is 1. The number of aromatic amines is 1. The molecule has 1 amide bonds. The van der Waals surface area contributed by atoms with Gasteiger partial charge in [-0.05, 0) is 0 Å². The molecule has 0 radical (unpaired) electrons. The summed E-state index contributed by atoms with van der Waals surface area (Å²) < 4.78 is 0. The summed E-state index contributed by atoms with van der Waals surface area (Å²) in [6.45, 7) is 0.212. The zero-order valence-electron chi connectivity index (χ0n) is 8.44. The second-order valence-corrected chi connectivity index (χ2v) is 3.27. The second kappa shape index (κ2) is 6.15. The van der Waals surface area contributed by atoms with E-state index in [1.54, 1.807) is 12.5 Å². The number of H-pyrrole nitrogens is 1. The van der Waals surface area contributed by atoms with Crippen LogP contribution in [-0.2, 0) is 11.2 Å². The molecule has 0 bridgehead atoms. The van der Waals surface area contributed by atoms with Crippen molar-refractivity contribution in [3.63, 3.8) is 0 Å². The molecule has 15 heavy (non-hydrogen) atoms. The fourth-order valence-electron chi connectivity index (χ4n) is 1.25. The fraction of sp³-hybridized carbons (Fsp3) is 0.556. The first kappa shape index (κ1) is 11.7. The second-order valence-electron chi connectivity index (χ2n) is 3.27. The van der Waals surface area contributed by atoms with Gasteiger partial charge in [0, 0.05) is 31.3 Å². The summed E-state index contributed by atoms with van der Waals surface area (Å²) >= 11 is 0. The molecule has 0 aromatic carbocycles. The molecular weight excluding hydrogens is 196 g/mol. The molecule has 0 spiro atoms. The molecule has 0 saturated heterocycles. The molecule has 1 heterocycles. The maximum atomic E-state index is 11.2. The Hall–Kier alpha value is -1.40. The first-order chi connectivity index (χ1) is 7.26. The van der Waals surface area contributed by atoms with Crippen molar-refractivity contribution in [1.29, 1.82) is 0 Å². The van der Waals surface area contributed by atoms with Crippen molar-refractivity contribution in [3.05, 3.63) is 18.2 Å². The van der Waals surface area contributed by atoms with Gasteiger partial charge in [0.05, 0.1) is 19.0 Å². The lowest BCUT2D eigenvalue weighted by molar-refractivity contribution is -0.121. The van der Waals surface area contributed by atoms with Crippen molar-refractivity contribution in [2.75, 3.05) is 13.2 Å². The molecule has 1 aromatic rings. The predicted octanol–water partition coefficient (Wildman–Crippen LogP) is -1.22. The van der Waals surface area contributed by atoms with Crippen LogP contribution in [0.4, 0.5) is 0 Å². The molecule has 0 fully saturated rings. The third-order valence-corrected chi connectivity index (χ3v) is 1.98. The van der Waals surface area contributed by atoms with Gasteiger partial charge >= 0.3 is 0 Å². The third-order valence-electron chi connectivity index (χ3n) is 1.98. The smallest absolute Gasteiger partial charge is 0.221 e. The number of nitrogens with two attached hydrogens (primary N) is 1. The SMILES string of the molecule is NCCC(=O)N[C@H](CO)Cc1cnc[nH]1. The number of amides is 1. The van der Waals surface area contributed by atoms with Gasteiger partial charge in [-0.25, -0.2) is 4.98 Å². The number of rotatable bonds is 6. The number of aromatic nitrogens is 2. The van der Waals surface area contributed by atoms with E-state index in [-0.39, 0.29) is 25.0 Å². The van der Waals surface area contributed by atoms with Crippen molar-refractivity contribution >= 4 is 5.91 Å². The van der Waals surface area contributed by atoms with Crippen LogP contribution in [0.3, 0.4) is 0 Å². The van der Waals surface area contributed by atoms with Crippen molar-refractivity contribution in [1.82, 2.24) is 15.3 Å². The number of nitrogens with one attached hydrogen (secondary N) is 2. The summed E-state index contributed by atoms with van der Waals surface area (Å²) in [5, 5.41) is 11.8. The molecule has 0 aliphatic rings. The van der Waals surface area contributed by atoms with Gasteiger partial charge in [0.15, 0.2) is 0 Å². The highest BCUT2D eigenvalue weighted by Gasteiger charge is 2.11. The zero-order chi connectivity index (χ0) is 11.1. The minimum Gasteiger partial charge on any atom is -0.394 e. The van der Waals surface area contributed by atoms with Crippen LogP contribution in [0.1, 0.15) is 12.1 Å². The largest absolute Gasteiger partial charge is 0.394 e. The summed E-state index contributed by atoms with van der Waals surface area (Å²) in [5.74, 6) is -0.143. The van der Waals surface area contributed by atoms with Gasteiger partial charge in [0.1, 0.15) is 0 Å². The average Bonchev–Trinajstić information content (AvgIpc) is 2.70. The number of hydrogen-bond acceptors (Lipinski definition) is 4. The van der Waals surface area contributed by atoms with E-state index in [1.807, 2.05) is 0 Å². The standard InChI is InChI=1S/C9H16N4O2/c10-2-1-9(15)13-8(5-14)3-7-4-11-6-12-7/h4,6,8,14H,1-3,5,10H2,(H,11,12)(H,13,15)/t8-/m0/s1. The summed E-state index contributed by atoms with van der Waals surface area (Å²) in [7, 11) is 0. The Morgan fingerprint density at radius 2 is 2.53 bits per heavy atom. The van der Waals surface area contributed by atoms with Crippen LogP contribution in [0.2, 0.25) is 0 Å². The Bertz CT molecular complexity index is 286. The lowest BCUT2D eigenvalue weighted by Crippen LogP contribution is -2.39. The molecule has 5 N–H and O–H groups in total. The number of imidazole rings is 1. The maximum absolute atomic E-state index is 11.2. The normalized spacial score (nSPS) is 12.4. The summed E-state index contributed by atoms with van der Waals surface area (Å²) in [6, 6.07) is -0.288. The Morgan fingerprint density at radius 3 is 3.07 bits per heavy atom. The van der Waals surface area contributed by atoms with Gasteiger partial charge < -0.3 is 21.1 Å². The van der Waals surface area contributed by atoms with E-state index in [0.717, 1.165) is 5.69 Å². The molecular formula is C9H16N4O2. The van der Waals surface area contributed by atoms with E-state index in [4.69, 9.17) is 10.8 Å². The van der Waals surface area contributed by atoms with Crippen molar-refractivity contribution in [3.8, 4) is 0 Å². The van der Waals surface area contributed by atoms with Gasteiger partial charge in [0.2, 0.25) is 5.91 Å². The van der Waals surface area contributed by atoms with Gasteiger partial charge in [0.25, 0.3) is 0 Å².